The molecule has 1 saturated carbocycles. The number of para-hydroxylation sites is 4. The van der Waals surface area contributed by atoms with Crippen LogP contribution in [0.15, 0.2) is 91.0 Å². The summed E-state index contributed by atoms with van der Waals surface area (Å²) in [5.41, 5.74) is -1.47. The smallest absolute Gasteiger partial charge is 0.239 e. The quantitative estimate of drug-likeness (QED) is 0.196. The molecule has 2 bridgehead atoms. The minimum atomic E-state index is -1.43. The molecule has 2 aliphatic heterocycles. The number of allylic oxidation sites excluding steroid dienone is 2. The minimum absolute atomic E-state index is 0.0724. The molecule has 3 aliphatic carbocycles. The van der Waals surface area contributed by atoms with Gasteiger partial charge in [-0.1, -0.05) is 66.7 Å². The Morgan fingerprint density at radius 3 is 1.50 bits per heavy atom. The highest BCUT2D eigenvalue weighted by Crippen LogP contribution is 2.65. The molecule has 2 heterocycles. The highest BCUT2D eigenvalue weighted by atomic mass is 16.8. The molecule has 8 atom stereocenters. The van der Waals surface area contributed by atoms with E-state index >= 15 is 0 Å². The van der Waals surface area contributed by atoms with E-state index in [1.54, 1.807) is 42.5 Å². The van der Waals surface area contributed by atoms with Gasteiger partial charge in [-0.3, -0.25) is 19.2 Å². The maximum atomic E-state index is 14.4. The van der Waals surface area contributed by atoms with Crippen LogP contribution in [0.1, 0.15) is 5.56 Å². The standard InChI is InChI=1S/C30H24N4O8/c35-26-22-17-14-15-30(16-8-2-1-3-9-16,24(22)28(37)31(26)18-10-4-6-12-20(18)33(39)40)25-23(17)27(36)32(29(25)38)19-11-5-7-13-21(19)34(41)42/h1-15,17,22-25,33-34,39,41H/t17?,22-,23+,24+,25-,30?. The number of nitrogens with one attached hydrogen (secondary N) is 2. The van der Waals surface area contributed by atoms with Crippen molar-refractivity contribution >= 4 is 46.4 Å². The van der Waals surface area contributed by atoms with Crippen LogP contribution in [0.5, 0.6) is 0 Å². The zero-order valence-corrected chi connectivity index (χ0v) is 21.8. The topological polar surface area (TPSA) is 170 Å². The van der Waals surface area contributed by atoms with E-state index in [9.17, 15) is 40.0 Å². The zero-order valence-electron chi connectivity index (χ0n) is 21.8. The summed E-state index contributed by atoms with van der Waals surface area (Å²) in [5.74, 6) is -7.72. The molecule has 5 aliphatic rings. The van der Waals surface area contributed by atoms with Crippen molar-refractivity contribution in [1.82, 2.24) is 0 Å². The van der Waals surface area contributed by atoms with Crippen LogP contribution in [0.3, 0.4) is 0 Å². The largest absolute Gasteiger partial charge is 0.595 e. The van der Waals surface area contributed by atoms with Crippen LogP contribution in [-0.2, 0) is 24.6 Å². The molecule has 12 heteroatoms. The maximum Gasteiger partial charge on any atom is 0.239 e. The minimum Gasteiger partial charge on any atom is -0.595 e. The van der Waals surface area contributed by atoms with Crippen molar-refractivity contribution in [3.63, 3.8) is 0 Å². The van der Waals surface area contributed by atoms with Gasteiger partial charge in [-0.2, -0.15) is 10.5 Å². The lowest BCUT2D eigenvalue weighted by molar-refractivity contribution is -0.990. The summed E-state index contributed by atoms with van der Waals surface area (Å²) in [6.45, 7) is 0. The van der Waals surface area contributed by atoms with E-state index in [0.717, 1.165) is 9.80 Å². The lowest BCUT2D eigenvalue weighted by Crippen LogP contribution is -2.99. The Kier molecular flexibility index (Phi) is 5.79. The number of hydrogen-bond acceptors (Lipinski definition) is 8. The van der Waals surface area contributed by atoms with Crippen LogP contribution in [0.2, 0.25) is 0 Å². The fourth-order valence-corrected chi connectivity index (χ4v) is 7.65. The number of rotatable bonds is 5. The molecule has 212 valence electrons. The number of hydrogen-bond donors (Lipinski definition) is 4. The van der Waals surface area contributed by atoms with Gasteiger partial charge in [0.15, 0.2) is 11.4 Å². The van der Waals surface area contributed by atoms with Crippen LogP contribution in [-0.4, -0.2) is 34.0 Å². The second-order valence-corrected chi connectivity index (χ2v) is 10.9. The molecule has 8 rings (SSSR count). The Balaban J connectivity index is 1.43. The second kappa shape index (κ2) is 9.22. The SMILES string of the molecule is O=C1[C@@H]2C3C=CC(c4ccccc4)([C@@H]2C(=O)N1c1ccccc1[NH+]([O-])O)[C@H]1C(=O)N(c2ccccc2[NH+]([O-])O)C(=O)[C@@H]31. The Morgan fingerprint density at radius 1 is 0.619 bits per heavy atom. The van der Waals surface area contributed by atoms with Gasteiger partial charge in [-0.15, -0.1) is 0 Å². The number of quaternary nitrogens is 2. The van der Waals surface area contributed by atoms with Gasteiger partial charge >= 0.3 is 0 Å². The van der Waals surface area contributed by atoms with Crippen molar-refractivity contribution in [2.75, 3.05) is 9.80 Å². The van der Waals surface area contributed by atoms with Crippen molar-refractivity contribution in [1.29, 1.82) is 0 Å². The summed E-state index contributed by atoms with van der Waals surface area (Å²) >= 11 is 0. The van der Waals surface area contributed by atoms with E-state index in [1.807, 2.05) is 0 Å². The molecule has 3 fully saturated rings. The van der Waals surface area contributed by atoms with Crippen LogP contribution >= 0.6 is 0 Å². The lowest BCUT2D eigenvalue weighted by atomic mass is 9.45. The monoisotopic (exact) mass is 568 g/mol. The summed E-state index contributed by atoms with van der Waals surface area (Å²) in [4.78, 5) is 58.8. The van der Waals surface area contributed by atoms with Gasteiger partial charge in [-0.25, -0.2) is 20.2 Å². The van der Waals surface area contributed by atoms with Crippen molar-refractivity contribution < 1.29 is 40.0 Å². The van der Waals surface area contributed by atoms with Crippen LogP contribution < -0.4 is 20.3 Å². The van der Waals surface area contributed by atoms with Gasteiger partial charge in [0.2, 0.25) is 23.6 Å². The number of anilines is 2. The van der Waals surface area contributed by atoms with Gasteiger partial charge < -0.3 is 10.4 Å². The van der Waals surface area contributed by atoms with Crippen molar-refractivity contribution in [3.05, 3.63) is 107 Å². The molecule has 4 unspecified atom stereocenters. The lowest BCUT2D eigenvalue weighted by Gasteiger charge is -2.53. The molecule has 42 heavy (non-hydrogen) atoms. The molecule has 0 aromatic heterocycles. The van der Waals surface area contributed by atoms with Crippen LogP contribution in [0.25, 0.3) is 0 Å². The number of carbonyl (C=O) groups is 4. The van der Waals surface area contributed by atoms with E-state index in [1.165, 1.54) is 48.5 Å². The third-order valence-corrected chi connectivity index (χ3v) is 9.18. The predicted molar refractivity (Wildman–Crippen MR) is 144 cm³/mol. The molecule has 4 amide bonds. The molecule has 3 aromatic rings. The Morgan fingerprint density at radius 2 is 1.05 bits per heavy atom. The zero-order chi connectivity index (χ0) is 29.5. The van der Waals surface area contributed by atoms with Gasteiger partial charge in [0, 0.05) is 23.5 Å². The highest BCUT2D eigenvalue weighted by Gasteiger charge is 2.75. The predicted octanol–water partition coefficient (Wildman–Crippen LogP) is 0.542. The molecule has 2 saturated heterocycles. The van der Waals surface area contributed by atoms with E-state index in [2.05, 4.69) is 0 Å². The number of nitrogens with zero attached hydrogens (tertiary/aromatic N) is 2. The van der Waals surface area contributed by atoms with Gasteiger partial charge in [0.25, 0.3) is 0 Å². The van der Waals surface area contributed by atoms with Crippen molar-refractivity contribution in [3.8, 4) is 0 Å². The first-order valence-electron chi connectivity index (χ1n) is 13.3. The molecule has 0 radical (unpaired) electrons. The summed E-state index contributed by atoms with van der Waals surface area (Å²) < 4.78 is 0. The first-order valence-corrected chi connectivity index (χ1v) is 13.3. The third kappa shape index (κ3) is 3.27. The summed E-state index contributed by atoms with van der Waals surface area (Å²) in [6.07, 6.45) is 3.45. The first kappa shape index (κ1) is 26.3. The van der Waals surface area contributed by atoms with E-state index in [0.29, 0.717) is 5.56 Å². The summed E-state index contributed by atoms with van der Waals surface area (Å²) in [5, 5.41) is 41.0. The fourth-order valence-electron chi connectivity index (χ4n) is 7.65. The Hall–Kier alpha value is -4.56. The van der Waals surface area contributed by atoms with E-state index < -0.39 is 69.1 Å². The molecular weight excluding hydrogens is 544 g/mol. The fraction of sp³-hybridized carbons (Fsp3) is 0.200. The Labute approximate surface area is 238 Å². The maximum absolute atomic E-state index is 14.4. The average Bonchev–Trinajstić information content (AvgIpc) is 3.44. The molecule has 0 spiro atoms. The van der Waals surface area contributed by atoms with E-state index in [4.69, 9.17) is 0 Å². The number of carbonyl (C=O) groups excluding carboxylic acids is 4. The first-order chi connectivity index (χ1) is 20.2. The van der Waals surface area contributed by atoms with Gasteiger partial charge in [0.1, 0.15) is 11.4 Å². The van der Waals surface area contributed by atoms with Gasteiger partial charge in [0.05, 0.1) is 23.7 Å². The molecule has 4 N–H and O–H groups in total. The van der Waals surface area contributed by atoms with E-state index in [-0.39, 0.29) is 22.7 Å². The highest BCUT2D eigenvalue weighted by molar-refractivity contribution is 6.28. The molecular formula is C30H24N4O8. The molecule has 3 aromatic carbocycles. The number of amides is 4. The van der Waals surface area contributed by atoms with Crippen molar-refractivity contribution in [2.24, 2.45) is 29.6 Å². The third-order valence-electron chi connectivity index (χ3n) is 9.18. The number of imide groups is 2. The molecule has 12 nitrogen and oxygen atoms in total. The summed E-state index contributed by atoms with van der Waals surface area (Å²) in [6, 6.07) is 20.2. The van der Waals surface area contributed by atoms with Crippen molar-refractivity contribution in [2.45, 2.75) is 5.41 Å². The Bertz CT molecular complexity index is 1590. The van der Waals surface area contributed by atoms with Crippen LogP contribution in [0, 0.1) is 40.0 Å². The van der Waals surface area contributed by atoms with Crippen LogP contribution in [0.4, 0.5) is 22.7 Å². The second-order valence-electron chi connectivity index (χ2n) is 10.9. The summed E-state index contributed by atoms with van der Waals surface area (Å²) in [7, 11) is 0. The average molecular weight is 569 g/mol. The normalized spacial score (nSPS) is 31.0. The number of benzene rings is 3. The van der Waals surface area contributed by atoms with Gasteiger partial charge in [-0.05, 0) is 17.7 Å².